The van der Waals surface area contributed by atoms with Gasteiger partial charge in [0, 0.05) is 5.02 Å². The van der Waals surface area contributed by atoms with Crippen LogP contribution in [0, 0.1) is 11.6 Å². The smallest absolute Gasteiger partial charge is 0.262 e. The van der Waals surface area contributed by atoms with E-state index < -0.39 is 34.0 Å². The van der Waals surface area contributed by atoms with Crippen molar-refractivity contribution in [3.05, 3.63) is 58.6 Å². The summed E-state index contributed by atoms with van der Waals surface area (Å²) in [5.41, 5.74) is -0.577. The second-order valence-electron chi connectivity index (χ2n) is 4.11. The van der Waals surface area contributed by atoms with Gasteiger partial charge in [-0.15, -0.1) is 0 Å². The SMILES string of the molecule is O=S(=O)(Nc1c(F)cccc1F)c1ccc(Cl)c(CO)c1. The first-order valence-electron chi connectivity index (χ1n) is 5.71. The highest BCUT2D eigenvalue weighted by Gasteiger charge is 2.20. The molecule has 0 heterocycles. The molecule has 0 aliphatic heterocycles. The Balaban J connectivity index is 2.44. The number of rotatable bonds is 4. The highest BCUT2D eigenvalue weighted by molar-refractivity contribution is 7.92. The van der Waals surface area contributed by atoms with Gasteiger partial charge in [-0.2, -0.15) is 0 Å². The zero-order valence-electron chi connectivity index (χ0n) is 10.5. The Labute approximate surface area is 125 Å². The lowest BCUT2D eigenvalue weighted by Gasteiger charge is -2.11. The van der Waals surface area contributed by atoms with E-state index in [0.29, 0.717) is 0 Å². The largest absolute Gasteiger partial charge is 0.392 e. The molecule has 112 valence electrons. The van der Waals surface area contributed by atoms with E-state index in [4.69, 9.17) is 16.7 Å². The van der Waals surface area contributed by atoms with Crippen molar-refractivity contribution >= 4 is 27.3 Å². The van der Waals surface area contributed by atoms with E-state index in [0.717, 1.165) is 24.3 Å². The molecule has 0 aliphatic rings. The van der Waals surface area contributed by atoms with Crippen molar-refractivity contribution in [1.29, 1.82) is 0 Å². The summed E-state index contributed by atoms with van der Waals surface area (Å²) in [6, 6.07) is 6.56. The first-order valence-corrected chi connectivity index (χ1v) is 7.57. The average Bonchev–Trinajstić information content (AvgIpc) is 2.43. The standard InChI is InChI=1S/C13H10ClF2NO3S/c14-10-5-4-9(6-8(10)7-18)21(19,20)17-13-11(15)2-1-3-12(13)16/h1-6,17-18H,7H2. The average molecular weight is 334 g/mol. The quantitative estimate of drug-likeness (QED) is 0.904. The normalized spacial score (nSPS) is 11.4. The fourth-order valence-corrected chi connectivity index (χ4v) is 2.93. The number of nitrogens with one attached hydrogen (secondary N) is 1. The monoisotopic (exact) mass is 333 g/mol. The predicted octanol–water partition coefficient (Wildman–Crippen LogP) is 2.91. The molecular weight excluding hydrogens is 324 g/mol. The molecule has 2 rings (SSSR count). The van der Waals surface area contributed by atoms with Gasteiger partial charge in [-0.25, -0.2) is 17.2 Å². The van der Waals surface area contributed by atoms with Crippen LogP contribution in [0.3, 0.4) is 0 Å². The van der Waals surface area contributed by atoms with E-state index in [-0.39, 0.29) is 15.5 Å². The molecule has 8 heteroatoms. The molecule has 0 fully saturated rings. The topological polar surface area (TPSA) is 66.4 Å². The molecule has 0 radical (unpaired) electrons. The number of aliphatic hydroxyl groups is 1. The lowest BCUT2D eigenvalue weighted by molar-refractivity contribution is 0.281. The molecule has 0 aromatic heterocycles. The van der Waals surface area contributed by atoms with Crippen molar-refractivity contribution in [2.75, 3.05) is 4.72 Å². The van der Waals surface area contributed by atoms with Crippen LogP contribution >= 0.6 is 11.6 Å². The number of hydrogen-bond acceptors (Lipinski definition) is 3. The van der Waals surface area contributed by atoms with E-state index in [9.17, 15) is 17.2 Å². The maximum Gasteiger partial charge on any atom is 0.262 e. The molecule has 0 atom stereocenters. The summed E-state index contributed by atoms with van der Waals surface area (Å²) >= 11 is 5.76. The van der Waals surface area contributed by atoms with Crippen LogP contribution in [0.25, 0.3) is 0 Å². The molecule has 0 bridgehead atoms. The van der Waals surface area contributed by atoms with Crippen LogP contribution < -0.4 is 4.72 Å². The zero-order chi connectivity index (χ0) is 15.6. The summed E-state index contributed by atoms with van der Waals surface area (Å²) in [5, 5.41) is 9.26. The Morgan fingerprint density at radius 3 is 2.33 bits per heavy atom. The van der Waals surface area contributed by atoms with Gasteiger partial charge in [0.2, 0.25) is 0 Å². The Hall–Kier alpha value is -1.70. The van der Waals surface area contributed by atoms with Gasteiger partial charge in [-0.1, -0.05) is 17.7 Å². The molecular formula is C13H10ClF2NO3S. The van der Waals surface area contributed by atoms with Crippen LogP contribution in [-0.2, 0) is 16.6 Å². The Morgan fingerprint density at radius 1 is 1.14 bits per heavy atom. The van der Waals surface area contributed by atoms with Crippen LogP contribution in [0.5, 0.6) is 0 Å². The Bertz CT molecular complexity index is 761. The summed E-state index contributed by atoms with van der Waals surface area (Å²) in [4.78, 5) is -0.265. The minimum Gasteiger partial charge on any atom is -0.392 e. The van der Waals surface area contributed by atoms with E-state index in [1.165, 1.54) is 12.1 Å². The van der Waals surface area contributed by atoms with Crippen LogP contribution in [0.2, 0.25) is 5.02 Å². The number of sulfonamides is 1. The number of aliphatic hydroxyl groups excluding tert-OH is 1. The van der Waals surface area contributed by atoms with Crippen LogP contribution in [-0.4, -0.2) is 13.5 Å². The van der Waals surface area contributed by atoms with Crippen molar-refractivity contribution in [3.63, 3.8) is 0 Å². The van der Waals surface area contributed by atoms with Crippen molar-refractivity contribution in [3.8, 4) is 0 Å². The van der Waals surface area contributed by atoms with Gasteiger partial charge in [-0.05, 0) is 35.9 Å². The van der Waals surface area contributed by atoms with Crippen molar-refractivity contribution in [2.45, 2.75) is 11.5 Å². The summed E-state index contributed by atoms with van der Waals surface area (Å²) in [7, 11) is -4.21. The molecule has 21 heavy (non-hydrogen) atoms. The number of halogens is 3. The first kappa shape index (κ1) is 15.7. The van der Waals surface area contributed by atoms with Gasteiger partial charge in [-0.3, -0.25) is 4.72 Å². The van der Waals surface area contributed by atoms with Crippen LogP contribution in [0.1, 0.15) is 5.56 Å². The van der Waals surface area contributed by atoms with Crippen molar-refractivity contribution in [2.24, 2.45) is 0 Å². The lowest BCUT2D eigenvalue weighted by Crippen LogP contribution is -2.15. The molecule has 0 spiro atoms. The number of hydrogen-bond donors (Lipinski definition) is 2. The van der Waals surface area contributed by atoms with E-state index in [1.54, 1.807) is 0 Å². The molecule has 0 saturated carbocycles. The first-order chi connectivity index (χ1) is 9.85. The number of para-hydroxylation sites is 1. The fourth-order valence-electron chi connectivity index (χ4n) is 1.63. The maximum atomic E-state index is 13.5. The van der Waals surface area contributed by atoms with Crippen molar-refractivity contribution in [1.82, 2.24) is 0 Å². The second-order valence-corrected chi connectivity index (χ2v) is 6.20. The number of anilines is 1. The molecule has 4 nitrogen and oxygen atoms in total. The molecule has 2 aromatic rings. The summed E-state index contributed by atoms with van der Waals surface area (Å²) in [6.07, 6.45) is 0. The number of benzene rings is 2. The molecule has 0 saturated heterocycles. The van der Waals surface area contributed by atoms with Gasteiger partial charge >= 0.3 is 0 Å². The minimum absolute atomic E-state index is 0.188. The van der Waals surface area contributed by atoms with Crippen LogP contribution in [0.4, 0.5) is 14.5 Å². The highest BCUT2D eigenvalue weighted by Crippen LogP contribution is 2.25. The highest BCUT2D eigenvalue weighted by atomic mass is 35.5. The van der Waals surface area contributed by atoms with Gasteiger partial charge in [0.1, 0.15) is 17.3 Å². The lowest BCUT2D eigenvalue weighted by atomic mass is 10.2. The summed E-state index contributed by atoms with van der Waals surface area (Å²) in [5.74, 6) is -2.06. The molecule has 2 aromatic carbocycles. The van der Waals surface area contributed by atoms with E-state index in [2.05, 4.69) is 0 Å². The van der Waals surface area contributed by atoms with E-state index in [1.807, 2.05) is 4.72 Å². The third-order valence-corrected chi connectivity index (χ3v) is 4.41. The Morgan fingerprint density at radius 2 is 1.76 bits per heavy atom. The van der Waals surface area contributed by atoms with Gasteiger partial charge < -0.3 is 5.11 Å². The molecule has 0 aliphatic carbocycles. The Kier molecular flexibility index (Phi) is 4.46. The second kappa shape index (κ2) is 5.97. The molecule has 2 N–H and O–H groups in total. The maximum absolute atomic E-state index is 13.5. The third kappa shape index (κ3) is 3.31. The summed E-state index contributed by atoms with van der Waals surface area (Å²) in [6.45, 7) is -0.462. The molecule has 0 amide bonds. The van der Waals surface area contributed by atoms with E-state index >= 15 is 0 Å². The van der Waals surface area contributed by atoms with Gasteiger partial charge in [0.25, 0.3) is 10.0 Å². The molecule has 0 unspecified atom stereocenters. The van der Waals surface area contributed by atoms with Crippen LogP contribution in [0.15, 0.2) is 41.3 Å². The minimum atomic E-state index is -4.21. The van der Waals surface area contributed by atoms with Gasteiger partial charge in [0.15, 0.2) is 0 Å². The fraction of sp³-hybridized carbons (Fsp3) is 0.0769. The third-order valence-electron chi connectivity index (χ3n) is 2.70. The van der Waals surface area contributed by atoms with Gasteiger partial charge in [0.05, 0.1) is 11.5 Å². The van der Waals surface area contributed by atoms with Crippen molar-refractivity contribution < 1.29 is 22.3 Å². The summed E-state index contributed by atoms with van der Waals surface area (Å²) < 4.78 is 53.0. The zero-order valence-corrected chi connectivity index (χ0v) is 12.0. The predicted molar refractivity (Wildman–Crippen MR) is 74.5 cm³/mol.